The van der Waals surface area contributed by atoms with Crippen LogP contribution in [0.15, 0.2) is 52.1 Å². The lowest BCUT2D eigenvalue weighted by Gasteiger charge is -2.19. The molecular weight excluding hydrogens is 462 g/mol. The molecule has 1 aromatic carbocycles. The number of benzene rings is 1. The number of carbonyl (C=O) groups excluding carboxylic acids is 1. The van der Waals surface area contributed by atoms with Crippen LogP contribution in [0.5, 0.6) is 0 Å². The molecule has 0 aliphatic heterocycles. The first kappa shape index (κ1) is 21.2. The highest BCUT2D eigenvalue weighted by atomic mass is 127. The predicted octanol–water partition coefficient (Wildman–Crippen LogP) is 2.55. The van der Waals surface area contributed by atoms with E-state index in [1.807, 2.05) is 12.1 Å². The lowest BCUT2D eigenvalue weighted by molar-refractivity contribution is -0.120. The molecule has 0 unspecified atom stereocenters. The second kappa shape index (κ2) is 9.72. The molecule has 0 bridgehead atoms. The maximum absolute atomic E-state index is 14.1. The molecule has 0 atom stereocenters. The smallest absolute Gasteiger partial charge is 0.239 e. The molecule has 2 aromatic rings. The van der Waals surface area contributed by atoms with Gasteiger partial charge < -0.3 is 20.4 Å². The molecule has 1 aliphatic rings. The van der Waals surface area contributed by atoms with Crippen LogP contribution in [0.3, 0.4) is 0 Å². The summed E-state index contributed by atoms with van der Waals surface area (Å²) >= 11 is 0. The molecule has 8 heteroatoms. The highest BCUT2D eigenvalue weighted by Crippen LogP contribution is 2.48. The van der Waals surface area contributed by atoms with E-state index in [0.29, 0.717) is 24.8 Å². The number of hydrogen-bond donors (Lipinski definition) is 3. The van der Waals surface area contributed by atoms with Gasteiger partial charge in [-0.1, -0.05) is 18.2 Å². The van der Waals surface area contributed by atoms with E-state index >= 15 is 0 Å². The van der Waals surface area contributed by atoms with Gasteiger partial charge in [-0.3, -0.25) is 9.79 Å². The largest absolute Gasteiger partial charge is 0.467 e. The first-order valence-corrected chi connectivity index (χ1v) is 8.61. The van der Waals surface area contributed by atoms with Gasteiger partial charge in [-0.15, -0.1) is 24.0 Å². The maximum Gasteiger partial charge on any atom is 0.239 e. The summed E-state index contributed by atoms with van der Waals surface area (Å²) < 4.78 is 19.2. The second-order valence-corrected chi connectivity index (χ2v) is 6.40. The molecule has 1 fully saturated rings. The minimum Gasteiger partial charge on any atom is -0.467 e. The van der Waals surface area contributed by atoms with Crippen LogP contribution < -0.4 is 16.0 Å². The number of nitrogens with one attached hydrogen (secondary N) is 3. The summed E-state index contributed by atoms with van der Waals surface area (Å²) in [5, 5.41) is 8.92. The van der Waals surface area contributed by atoms with Crippen LogP contribution in [0.1, 0.15) is 24.2 Å². The molecule has 3 rings (SSSR count). The number of rotatable bonds is 7. The van der Waals surface area contributed by atoms with Gasteiger partial charge in [-0.05, 0) is 36.6 Å². The molecule has 0 spiro atoms. The van der Waals surface area contributed by atoms with Crippen molar-refractivity contribution in [3.05, 3.63) is 59.8 Å². The Hall–Kier alpha value is -2.10. The van der Waals surface area contributed by atoms with E-state index in [9.17, 15) is 9.18 Å². The first-order valence-electron chi connectivity index (χ1n) is 8.61. The Morgan fingerprint density at radius 2 is 1.96 bits per heavy atom. The molecular formula is C19H24FIN4O2. The Morgan fingerprint density at radius 1 is 1.19 bits per heavy atom. The quantitative estimate of drug-likeness (QED) is 0.320. The van der Waals surface area contributed by atoms with Gasteiger partial charge in [-0.25, -0.2) is 4.39 Å². The van der Waals surface area contributed by atoms with Crippen LogP contribution >= 0.6 is 24.0 Å². The third-order valence-electron chi connectivity index (χ3n) is 4.57. The molecule has 0 saturated heterocycles. The van der Waals surface area contributed by atoms with Crippen LogP contribution in [0.25, 0.3) is 0 Å². The van der Waals surface area contributed by atoms with E-state index in [1.54, 1.807) is 31.5 Å². The van der Waals surface area contributed by atoms with Gasteiger partial charge in [0.2, 0.25) is 5.91 Å². The van der Waals surface area contributed by atoms with Crippen molar-refractivity contribution < 1.29 is 13.6 Å². The van der Waals surface area contributed by atoms with E-state index in [2.05, 4.69) is 20.9 Å². The molecule has 1 amide bonds. The fraction of sp³-hybridized carbons (Fsp3) is 0.368. The summed E-state index contributed by atoms with van der Waals surface area (Å²) in [4.78, 5) is 16.0. The van der Waals surface area contributed by atoms with E-state index in [-0.39, 0.29) is 47.7 Å². The van der Waals surface area contributed by atoms with Crippen molar-refractivity contribution in [3.8, 4) is 0 Å². The molecule has 1 heterocycles. The molecule has 27 heavy (non-hydrogen) atoms. The van der Waals surface area contributed by atoms with Gasteiger partial charge >= 0.3 is 0 Å². The normalized spacial score (nSPS) is 14.8. The summed E-state index contributed by atoms with van der Waals surface area (Å²) in [5.74, 6) is 0.869. The van der Waals surface area contributed by atoms with Crippen LogP contribution in [-0.4, -0.2) is 32.0 Å². The van der Waals surface area contributed by atoms with Gasteiger partial charge in [-0.2, -0.15) is 0 Å². The number of aliphatic imine (C=N–C) groups is 1. The predicted molar refractivity (Wildman–Crippen MR) is 113 cm³/mol. The Kier molecular flexibility index (Phi) is 7.64. The van der Waals surface area contributed by atoms with Crippen molar-refractivity contribution in [3.63, 3.8) is 0 Å². The molecule has 146 valence electrons. The Morgan fingerprint density at radius 3 is 2.59 bits per heavy atom. The van der Waals surface area contributed by atoms with Gasteiger partial charge in [0.1, 0.15) is 11.6 Å². The number of amides is 1. The monoisotopic (exact) mass is 486 g/mol. The fourth-order valence-corrected chi connectivity index (χ4v) is 2.88. The van der Waals surface area contributed by atoms with Crippen LogP contribution in [0.4, 0.5) is 4.39 Å². The molecule has 1 aromatic heterocycles. The van der Waals surface area contributed by atoms with Gasteiger partial charge in [0.25, 0.3) is 0 Å². The van der Waals surface area contributed by atoms with Gasteiger partial charge in [0, 0.05) is 19.0 Å². The number of hydrogen-bond acceptors (Lipinski definition) is 3. The molecule has 6 nitrogen and oxygen atoms in total. The average molecular weight is 486 g/mol. The van der Waals surface area contributed by atoms with Gasteiger partial charge in [0.05, 0.1) is 19.4 Å². The summed E-state index contributed by atoms with van der Waals surface area (Å²) in [5.41, 5.74) is 0.545. The third-order valence-corrected chi connectivity index (χ3v) is 4.57. The lowest BCUT2D eigenvalue weighted by Crippen LogP contribution is -2.45. The standard InChI is InChI=1S/C19H23FN4O2.HI/c1-21-18(23-12-17(25)22-11-14-5-4-10-26-14)24-13-19(8-9-19)15-6-2-3-7-16(15)20;/h2-7,10H,8-9,11-13H2,1H3,(H,22,25)(H2,21,23,24);1H. The van der Waals surface area contributed by atoms with Crippen molar-refractivity contribution in [2.75, 3.05) is 20.1 Å². The molecule has 0 radical (unpaired) electrons. The number of nitrogens with zero attached hydrogens (tertiary/aromatic N) is 1. The summed E-state index contributed by atoms with van der Waals surface area (Å²) in [7, 11) is 1.64. The Labute approximate surface area is 175 Å². The van der Waals surface area contributed by atoms with E-state index in [0.717, 1.165) is 18.4 Å². The summed E-state index contributed by atoms with van der Waals surface area (Å²) in [6.45, 7) is 1.00. The first-order chi connectivity index (χ1) is 12.6. The van der Waals surface area contributed by atoms with Crippen LogP contribution in [-0.2, 0) is 16.8 Å². The third kappa shape index (κ3) is 5.69. The number of guanidine groups is 1. The number of carbonyl (C=O) groups is 1. The zero-order chi connectivity index (χ0) is 18.4. The zero-order valence-electron chi connectivity index (χ0n) is 15.1. The van der Waals surface area contributed by atoms with Crippen LogP contribution in [0.2, 0.25) is 0 Å². The number of halogens is 2. The Bertz CT molecular complexity index is 776. The lowest BCUT2D eigenvalue weighted by atomic mass is 9.95. The second-order valence-electron chi connectivity index (χ2n) is 6.40. The highest BCUT2D eigenvalue weighted by molar-refractivity contribution is 14.0. The van der Waals surface area contributed by atoms with Crippen LogP contribution in [0, 0.1) is 5.82 Å². The molecule has 1 saturated carbocycles. The van der Waals surface area contributed by atoms with Crippen molar-refractivity contribution in [1.29, 1.82) is 0 Å². The SMILES string of the molecule is CN=C(NCC(=O)NCc1ccco1)NCC1(c2ccccc2F)CC1.I. The minimum absolute atomic E-state index is 0. The van der Waals surface area contributed by atoms with E-state index in [4.69, 9.17) is 4.42 Å². The highest BCUT2D eigenvalue weighted by Gasteiger charge is 2.45. The van der Waals surface area contributed by atoms with Gasteiger partial charge in [0.15, 0.2) is 5.96 Å². The molecule has 3 N–H and O–H groups in total. The summed E-state index contributed by atoms with van der Waals surface area (Å²) in [6, 6.07) is 10.5. The van der Waals surface area contributed by atoms with Crippen molar-refractivity contribution in [2.24, 2.45) is 4.99 Å². The molecule has 1 aliphatic carbocycles. The van der Waals surface area contributed by atoms with E-state index in [1.165, 1.54) is 6.07 Å². The fourth-order valence-electron chi connectivity index (χ4n) is 2.88. The zero-order valence-corrected chi connectivity index (χ0v) is 17.5. The average Bonchev–Trinajstić information content (AvgIpc) is 3.25. The topological polar surface area (TPSA) is 78.7 Å². The number of furan rings is 1. The Balaban J connectivity index is 0.00000261. The summed E-state index contributed by atoms with van der Waals surface area (Å²) in [6.07, 6.45) is 3.43. The van der Waals surface area contributed by atoms with Crippen molar-refractivity contribution >= 4 is 35.8 Å². The van der Waals surface area contributed by atoms with Crippen molar-refractivity contribution in [1.82, 2.24) is 16.0 Å². The minimum atomic E-state index is -0.190. The van der Waals surface area contributed by atoms with Crippen molar-refractivity contribution in [2.45, 2.75) is 24.8 Å². The van der Waals surface area contributed by atoms with E-state index < -0.39 is 0 Å². The maximum atomic E-state index is 14.1.